The number of halogens is 4. The predicted octanol–water partition coefficient (Wildman–Crippen LogP) is 4.20. The molecule has 0 saturated carbocycles. The fraction of sp³-hybridized carbons (Fsp3) is 0.375. The number of rotatable bonds is 7. The van der Waals surface area contributed by atoms with Crippen molar-refractivity contribution in [3.05, 3.63) is 39.8 Å². The van der Waals surface area contributed by atoms with Crippen molar-refractivity contribution in [3.8, 4) is 10.6 Å². The van der Waals surface area contributed by atoms with Crippen LogP contribution in [-0.4, -0.2) is 36.3 Å². The molecule has 0 radical (unpaired) electrons. The summed E-state index contributed by atoms with van der Waals surface area (Å²) in [5.74, 6) is -0.311. The summed E-state index contributed by atoms with van der Waals surface area (Å²) in [5, 5.41) is 5.19. The minimum Gasteiger partial charge on any atom is -0.370 e. The summed E-state index contributed by atoms with van der Waals surface area (Å²) in [6.07, 6.45) is -4.30. The van der Waals surface area contributed by atoms with Crippen LogP contribution in [0.2, 0.25) is 0 Å². The first-order valence-electron chi connectivity index (χ1n) is 7.37. The molecule has 0 aliphatic rings. The van der Waals surface area contributed by atoms with E-state index in [9.17, 15) is 18.0 Å². The molecule has 1 aromatic heterocycles. The zero-order chi connectivity index (χ0) is 18.4. The van der Waals surface area contributed by atoms with Crippen LogP contribution < -0.4 is 5.32 Å². The van der Waals surface area contributed by atoms with Crippen molar-refractivity contribution >= 4 is 33.2 Å². The molecule has 0 aliphatic carbocycles. The van der Waals surface area contributed by atoms with E-state index in [2.05, 4.69) is 31.0 Å². The summed E-state index contributed by atoms with van der Waals surface area (Å²) >= 11 is 4.82. The quantitative estimate of drug-likeness (QED) is 0.707. The van der Waals surface area contributed by atoms with Crippen molar-refractivity contribution in [2.24, 2.45) is 0 Å². The van der Waals surface area contributed by atoms with Gasteiger partial charge in [0.25, 0.3) is 0 Å². The maximum absolute atomic E-state index is 12.0. The van der Waals surface area contributed by atoms with E-state index in [0.717, 1.165) is 15.0 Å². The van der Waals surface area contributed by atoms with Gasteiger partial charge in [-0.05, 0) is 19.1 Å². The molecule has 9 heteroatoms. The second kappa shape index (κ2) is 8.77. The van der Waals surface area contributed by atoms with Gasteiger partial charge in [-0.25, -0.2) is 4.98 Å². The second-order valence-corrected chi connectivity index (χ2v) is 7.20. The van der Waals surface area contributed by atoms with Crippen molar-refractivity contribution in [2.45, 2.75) is 25.6 Å². The van der Waals surface area contributed by atoms with Crippen molar-refractivity contribution in [2.75, 3.05) is 13.2 Å². The molecular weight excluding hydrogens is 421 g/mol. The number of ether oxygens (including phenoxy) is 1. The SMILES string of the molecule is CC(COCC(F)(F)F)NC(=O)Cc1csc(-c2cccc(Br)c2)n1. The van der Waals surface area contributed by atoms with Gasteiger partial charge in [0, 0.05) is 21.5 Å². The number of hydrogen-bond donors (Lipinski definition) is 1. The van der Waals surface area contributed by atoms with Crippen LogP contribution in [0, 0.1) is 0 Å². The first-order valence-corrected chi connectivity index (χ1v) is 9.04. The summed E-state index contributed by atoms with van der Waals surface area (Å²) in [6.45, 7) is 0.0587. The Morgan fingerprint density at radius 3 is 2.88 bits per heavy atom. The first-order chi connectivity index (χ1) is 11.7. The maximum Gasteiger partial charge on any atom is 0.411 e. The maximum atomic E-state index is 12.0. The zero-order valence-corrected chi connectivity index (χ0v) is 15.7. The molecule has 1 atom stereocenters. The Hall–Kier alpha value is -1.45. The van der Waals surface area contributed by atoms with Gasteiger partial charge >= 0.3 is 6.18 Å². The number of nitrogens with one attached hydrogen (secondary N) is 1. The Morgan fingerprint density at radius 1 is 1.44 bits per heavy atom. The standard InChI is InChI=1S/C16H16BrF3N2O2S/c1-10(7-24-9-16(18,19)20)21-14(23)6-13-8-25-15(22-13)11-3-2-4-12(17)5-11/h2-5,8,10H,6-7,9H2,1H3,(H,21,23). The molecule has 2 aromatic rings. The molecule has 1 unspecified atom stereocenters. The molecule has 25 heavy (non-hydrogen) atoms. The van der Waals surface area contributed by atoms with E-state index in [-0.39, 0.29) is 18.9 Å². The molecule has 0 spiro atoms. The minimum absolute atomic E-state index is 0.0636. The smallest absolute Gasteiger partial charge is 0.370 e. The van der Waals surface area contributed by atoms with Crippen molar-refractivity contribution in [3.63, 3.8) is 0 Å². The zero-order valence-electron chi connectivity index (χ0n) is 13.3. The van der Waals surface area contributed by atoms with Gasteiger partial charge < -0.3 is 10.1 Å². The van der Waals surface area contributed by atoms with E-state index in [1.165, 1.54) is 11.3 Å². The van der Waals surface area contributed by atoms with Crippen LogP contribution in [0.15, 0.2) is 34.1 Å². The molecule has 1 heterocycles. The molecule has 0 saturated heterocycles. The van der Waals surface area contributed by atoms with E-state index in [1.54, 1.807) is 12.3 Å². The normalized spacial score (nSPS) is 12.8. The number of aromatic nitrogens is 1. The van der Waals surface area contributed by atoms with Crippen LogP contribution in [0.3, 0.4) is 0 Å². The third kappa shape index (κ3) is 7.13. The Labute approximate surface area is 155 Å². The third-order valence-corrected chi connectivity index (χ3v) is 4.44. The number of nitrogens with zero attached hydrogens (tertiary/aromatic N) is 1. The van der Waals surface area contributed by atoms with Crippen molar-refractivity contribution < 1.29 is 22.7 Å². The van der Waals surface area contributed by atoms with Gasteiger partial charge in [-0.2, -0.15) is 13.2 Å². The van der Waals surface area contributed by atoms with Crippen LogP contribution in [0.25, 0.3) is 10.6 Å². The predicted molar refractivity (Wildman–Crippen MR) is 93.4 cm³/mol. The highest BCUT2D eigenvalue weighted by Gasteiger charge is 2.27. The first kappa shape index (κ1) is 19.9. The van der Waals surface area contributed by atoms with E-state index in [4.69, 9.17) is 0 Å². The van der Waals surface area contributed by atoms with Crippen molar-refractivity contribution in [1.29, 1.82) is 0 Å². The van der Waals surface area contributed by atoms with Gasteiger partial charge in [0.1, 0.15) is 11.6 Å². The lowest BCUT2D eigenvalue weighted by Gasteiger charge is -2.14. The number of alkyl halides is 3. The Balaban J connectivity index is 1.83. The number of hydrogen-bond acceptors (Lipinski definition) is 4. The lowest BCUT2D eigenvalue weighted by molar-refractivity contribution is -0.175. The fourth-order valence-corrected chi connectivity index (χ4v) is 3.24. The Morgan fingerprint density at radius 2 is 2.20 bits per heavy atom. The summed E-state index contributed by atoms with van der Waals surface area (Å²) < 4.78 is 41.5. The number of carbonyl (C=O) groups excluding carboxylic acids is 1. The molecule has 1 N–H and O–H groups in total. The van der Waals surface area contributed by atoms with E-state index in [0.29, 0.717) is 5.69 Å². The summed E-state index contributed by atoms with van der Waals surface area (Å²) in [7, 11) is 0. The summed E-state index contributed by atoms with van der Waals surface area (Å²) in [6, 6.07) is 7.15. The molecule has 0 fully saturated rings. The van der Waals surface area contributed by atoms with E-state index < -0.39 is 18.8 Å². The molecule has 1 amide bonds. The van der Waals surface area contributed by atoms with Crippen LogP contribution in [0.1, 0.15) is 12.6 Å². The third-order valence-electron chi connectivity index (χ3n) is 3.01. The molecule has 0 bridgehead atoms. The van der Waals surface area contributed by atoms with Crippen LogP contribution >= 0.6 is 27.3 Å². The van der Waals surface area contributed by atoms with Crippen LogP contribution in [0.4, 0.5) is 13.2 Å². The van der Waals surface area contributed by atoms with Crippen LogP contribution in [0.5, 0.6) is 0 Å². The number of thiazole rings is 1. The largest absolute Gasteiger partial charge is 0.411 e. The average Bonchev–Trinajstić information content (AvgIpc) is 2.94. The molecule has 4 nitrogen and oxygen atoms in total. The molecule has 136 valence electrons. The van der Waals surface area contributed by atoms with E-state index in [1.807, 2.05) is 24.3 Å². The number of amides is 1. The number of benzene rings is 1. The average molecular weight is 437 g/mol. The molecule has 2 rings (SSSR count). The van der Waals surface area contributed by atoms with Gasteiger partial charge in [-0.15, -0.1) is 11.3 Å². The van der Waals surface area contributed by atoms with Gasteiger partial charge in [0.15, 0.2) is 0 Å². The van der Waals surface area contributed by atoms with Gasteiger partial charge in [0.2, 0.25) is 5.91 Å². The highest BCUT2D eigenvalue weighted by atomic mass is 79.9. The minimum atomic E-state index is -4.37. The van der Waals surface area contributed by atoms with Gasteiger partial charge in [-0.1, -0.05) is 28.1 Å². The monoisotopic (exact) mass is 436 g/mol. The Bertz CT molecular complexity index is 721. The lowest BCUT2D eigenvalue weighted by atomic mass is 10.2. The molecule has 0 aliphatic heterocycles. The van der Waals surface area contributed by atoms with Gasteiger partial charge in [-0.3, -0.25) is 4.79 Å². The summed E-state index contributed by atoms with van der Waals surface area (Å²) in [5.41, 5.74) is 1.56. The molecular formula is C16H16BrF3N2O2S. The highest BCUT2D eigenvalue weighted by molar-refractivity contribution is 9.10. The lowest BCUT2D eigenvalue weighted by Crippen LogP contribution is -2.37. The second-order valence-electron chi connectivity index (χ2n) is 5.43. The van der Waals surface area contributed by atoms with Crippen LogP contribution in [-0.2, 0) is 16.0 Å². The number of carbonyl (C=O) groups is 1. The van der Waals surface area contributed by atoms with E-state index >= 15 is 0 Å². The summed E-state index contributed by atoms with van der Waals surface area (Å²) in [4.78, 5) is 16.4. The topological polar surface area (TPSA) is 51.2 Å². The van der Waals surface area contributed by atoms with Gasteiger partial charge in [0.05, 0.1) is 18.7 Å². The molecule has 1 aromatic carbocycles. The Kier molecular flexibility index (Phi) is 6.97. The van der Waals surface area contributed by atoms with Crippen molar-refractivity contribution in [1.82, 2.24) is 10.3 Å². The fourth-order valence-electron chi connectivity index (χ4n) is 2.03. The highest BCUT2D eigenvalue weighted by Crippen LogP contribution is 2.26.